The maximum Gasteiger partial charge on any atom is 0.187 e. The van der Waals surface area contributed by atoms with E-state index in [1.165, 1.54) is 10.8 Å². The van der Waals surface area contributed by atoms with Gasteiger partial charge in [-0.3, -0.25) is 0 Å². The fraction of sp³-hybridized carbons (Fsp3) is 0. The molecule has 0 radical (unpaired) electrons. The van der Waals surface area contributed by atoms with Crippen LogP contribution in [0.25, 0.3) is 37.2 Å². The maximum absolute atomic E-state index is 9.51. The van der Waals surface area contributed by atoms with E-state index in [0.29, 0.717) is 11.3 Å². The van der Waals surface area contributed by atoms with Crippen LogP contribution in [0.1, 0.15) is 5.56 Å². The van der Waals surface area contributed by atoms with Gasteiger partial charge in [0.25, 0.3) is 0 Å². The van der Waals surface area contributed by atoms with Gasteiger partial charge in [-0.15, -0.1) is 0 Å². The minimum Gasteiger partial charge on any atom is -0.310 e. The highest BCUT2D eigenvalue weighted by Gasteiger charge is 2.20. The molecule has 8 rings (SSSR count). The Morgan fingerprint density at radius 1 is 0.417 bits per heavy atom. The molecule has 0 saturated heterocycles. The number of fused-ring (bicyclic) bond motifs is 5. The van der Waals surface area contributed by atoms with Crippen molar-refractivity contribution in [2.75, 3.05) is 9.80 Å². The van der Waals surface area contributed by atoms with Gasteiger partial charge in [-0.05, 0) is 94.3 Å². The second kappa shape index (κ2) is 12.1. The van der Waals surface area contributed by atoms with Crippen molar-refractivity contribution in [3.63, 3.8) is 0 Å². The quantitative estimate of drug-likeness (QED) is 0.138. The molecule has 224 valence electrons. The van der Waals surface area contributed by atoms with E-state index < -0.39 is 0 Å². The Labute approximate surface area is 279 Å². The van der Waals surface area contributed by atoms with E-state index in [4.69, 9.17) is 6.57 Å². The number of hydrogen-bond acceptors (Lipinski definition) is 3. The summed E-state index contributed by atoms with van der Waals surface area (Å²) in [6.45, 7) is 7.46. The van der Waals surface area contributed by atoms with E-state index >= 15 is 0 Å². The van der Waals surface area contributed by atoms with Gasteiger partial charge in [0.05, 0.1) is 29.6 Å². The molecule has 4 heteroatoms. The van der Waals surface area contributed by atoms with Gasteiger partial charge in [0.2, 0.25) is 0 Å². The van der Waals surface area contributed by atoms with E-state index in [1.807, 2.05) is 60.7 Å². The highest BCUT2D eigenvalue weighted by Crippen LogP contribution is 2.46. The smallest absolute Gasteiger partial charge is 0.187 e. The Morgan fingerprint density at radius 2 is 0.875 bits per heavy atom. The summed E-state index contributed by atoms with van der Waals surface area (Å²) < 4.78 is 0. The molecule has 0 fully saturated rings. The highest BCUT2D eigenvalue weighted by molar-refractivity contribution is 6.23. The highest BCUT2D eigenvalue weighted by atomic mass is 15.1. The first-order chi connectivity index (χ1) is 23.7. The second-order valence-corrected chi connectivity index (χ2v) is 11.6. The fourth-order valence-electron chi connectivity index (χ4n) is 6.66. The number of benzene rings is 8. The summed E-state index contributed by atoms with van der Waals surface area (Å²) in [5, 5.41) is 16.4. The number of nitriles is 1. The van der Waals surface area contributed by atoms with Crippen molar-refractivity contribution >= 4 is 72.1 Å². The molecule has 0 heterocycles. The molecular formula is C44H28N4. The molecule has 8 aromatic carbocycles. The van der Waals surface area contributed by atoms with Crippen molar-refractivity contribution in [1.82, 2.24) is 0 Å². The van der Waals surface area contributed by atoms with Crippen LogP contribution >= 0.6 is 0 Å². The SMILES string of the molecule is [C-]#[N+]c1ccc(N(c2ccccc2)c2cccc3c2ccc2c4ccccc4c(N(c4ccccc4)c4ccc(C#N)cc4)cc32)cc1. The van der Waals surface area contributed by atoms with Crippen LogP contribution in [-0.4, -0.2) is 0 Å². The first-order valence-corrected chi connectivity index (χ1v) is 15.8. The largest absolute Gasteiger partial charge is 0.310 e. The van der Waals surface area contributed by atoms with Gasteiger partial charge < -0.3 is 9.80 Å². The van der Waals surface area contributed by atoms with E-state index in [-0.39, 0.29) is 0 Å². The predicted molar refractivity (Wildman–Crippen MR) is 199 cm³/mol. The second-order valence-electron chi connectivity index (χ2n) is 11.6. The maximum atomic E-state index is 9.51. The molecule has 8 aromatic rings. The van der Waals surface area contributed by atoms with Crippen molar-refractivity contribution in [2.45, 2.75) is 0 Å². The van der Waals surface area contributed by atoms with Gasteiger partial charge in [-0.25, -0.2) is 4.85 Å². The third-order valence-corrected chi connectivity index (χ3v) is 8.86. The first kappa shape index (κ1) is 28.6. The van der Waals surface area contributed by atoms with Crippen molar-refractivity contribution in [3.05, 3.63) is 187 Å². The minimum atomic E-state index is 0.611. The van der Waals surface area contributed by atoms with Gasteiger partial charge in [-0.1, -0.05) is 97.1 Å². The Balaban J connectivity index is 1.41. The molecule has 4 nitrogen and oxygen atoms in total. The van der Waals surface area contributed by atoms with Crippen LogP contribution in [0.3, 0.4) is 0 Å². The summed E-state index contributed by atoms with van der Waals surface area (Å²) in [4.78, 5) is 8.15. The average molecular weight is 613 g/mol. The van der Waals surface area contributed by atoms with Gasteiger partial charge in [0.15, 0.2) is 5.69 Å². The van der Waals surface area contributed by atoms with Crippen LogP contribution in [0, 0.1) is 17.9 Å². The number of hydrogen-bond donors (Lipinski definition) is 0. The van der Waals surface area contributed by atoms with E-state index in [2.05, 4.69) is 130 Å². The number of anilines is 6. The van der Waals surface area contributed by atoms with Crippen LogP contribution < -0.4 is 9.80 Å². The van der Waals surface area contributed by atoms with Gasteiger partial charge >= 0.3 is 0 Å². The lowest BCUT2D eigenvalue weighted by Gasteiger charge is -2.29. The first-order valence-electron chi connectivity index (χ1n) is 15.8. The molecule has 0 atom stereocenters. The lowest BCUT2D eigenvalue weighted by molar-refractivity contribution is 1.30. The molecular weight excluding hydrogens is 585 g/mol. The molecule has 0 aliphatic heterocycles. The summed E-state index contributed by atoms with van der Waals surface area (Å²) in [6.07, 6.45) is 0. The normalized spacial score (nSPS) is 10.9. The van der Waals surface area contributed by atoms with Crippen molar-refractivity contribution in [3.8, 4) is 6.07 Å². The van der Waals surface area contributed by atoms with Crippen molar-refractivity contribution in [2.24, 2.45) is 0 Å². The molecule has 0 aliphatic carbocycles. The summed E-state index contributed by atoms with van der Waals surface area (Å²) in [6, 6.07) is 60.4. The third kappa shape index (κ3) is 4.95. The topological polar surface area (TPSA) is 34.6 Å². The zero-order valence-electron chi connectivity index (χ0n) is 26.0. The Bertz CT molecular complexity index is 2510. The zero-order chi connectivity index (χ0) is 32.5. The van der Waals surface area contributed by atoms with E-state index in [0.717, 1.165) is 55.7 Å². The minimum absolute atomic E-state index is 0.611. The summed E-state index contributed by atoms with van der Waals surface area (Å²) in [5.74, 6) is 0. The number of nitrogens with zero attached hydrogens (tertiary/aromatic N) is 4. The monoisotopic (exact) mass is 612 g/mol. The molecule has 0 spiro atoms. The van der Waals surface area contributed by atoms with E-state index in [1.54, 1.807) is 0 Å². The fourth-order valence-corrected chi connectivity index (χ4v) is 6.66. The number of para-hydroxylation sites is 2. The van der Waals surface area contributed by atoms with Crippen molar-refractivity contribution in [1.29, 1.82) is 5.26 Å². The molecule has 0 aliphatic rings. The average Bonchev–Trinajstić information content (AvgIpc) is 3.16. The van der Waals surface area contributed by atoms with Crippen LogP contribution in [-0.2, 0) is 0 Å². The Hall–Kier alpha value is -6.88. The number of rotatable bonds is 6. The molecule has 0 N–H and O–H groups in total. The van der Waals surface area contributed by atoms with Gasteiger partial charge in [-0.2, -0.15) is 5.26 Å². The molecule has 48 heavy (non-hydrogen) atoms. The van der Waals surface area contributed by atoms with Crippen LogP contribution in [0.15, 0.2) is 170 Å². The zero-order valence-corrected chi connectivity index (χ0v) is 26.0. The molecule has 0 unspecified atom stereocenters. The summed E-state index contributed by atoms with van der Waals surface area (Å²) >= 11 is 0. The van der Waals surface area contributed by atoms with Gasteiger partial charge in [0.1, 0.15) is 0 Å². The van der Waals surface area contributed by atoms with Crippen molar-refractivity contribution < 1.29 is 0 Å². The lowest BCUT2D eigenvalue weighted by Crippen LogP contribution is -2.11. The van der Waals surface area contributed by atoms with Crippen LogP contribution in [0.2, 0.25) is 0 Å². The molecule has 0 bridgehead atoms. The molecule has 0 saturated carbocycles. The third-order valence-electron chi connectivity index (χ3n) is 8.86. The predicted octanol–water partition coefficient (Wildman–Crippen LogP) is 12.5. The lowest BCUT2D eigenvalue weighted by atomic mass is 9.94. The Kier molecular flexibility index (Phi) is 7.23. The molecule has 0 aromatic heterocycles. The standard InChI is InChI=1S/C44H28N4/c1-46-32-21-25-36(26-22-32)47(33-11-4-2-5-12-33)43-18-10-17-38-41(43)28-27-39-37-15-8-9-16-40(37)44(29-42(38)39)48(34-13-6-3-7-14-34)35-23-19-31(30-45)20-24-35/h2-29H. The van der Waals surface area contributed by atoms with Crippen LogP contribution in [0.5, 0.6) is 0 Å². The Morgan fingerprint density at radius 3 is 1.50 bits per heavy atom. The summed E-state index contributed by atoms with van der Waals surface area (Å²) in [5.41, 5.74) is 7.38. The molecule has 0 amide bonds. The van der Waals surface area contributed by atoms with E-state index in [9.17, 15) is 5.26 Å². The van der Waals surface area contributed by atoms with Crippen LogP contribution in [0.4, 0.5) is 39.8 Å². The summed E-state index contributed by atoms with van der Waals surface area (Å²) in [7, 11) is 0. The van der Waals surface area contributed by atoms with Gasteiger partial charge in [0, 0.05) is 33.5 Å².